The monoisotopic (exact) mass is 482 g/mol. The standard InChI is InChI=1S/C24H26Cl2F2N2O2/c1-23(2,12-6-7-12)11-18-24(29,15-9-8-13(25)10-17(15)27)19(21(30-18)22(31)32)14-4-3-5-16(26)20(14)28/h3-5,8-10,12,18-19,21,30H,6-7,11,29H2,1-2H3,(H,31,32)/t18-,19-,21+,24+/m0/s1. The Kier molecular flexibility index (Phi) is 6.04. The summed E-state index contributed by atoms with van der Waals surface area (Å²) in [5.41, 5.74) is 5.43. The van der Waals surface area contributed by atoms with E-state index in [1.807, 2.05) is 0 Å². The maximum Gasteiger partial charge on any atom is 0.321 e. The molecule has 4 atom stereocenters. The van der Waals surface area contributed by atoms with E-state index in [0.717, 1.165) is 18.9 Å². The molecule has 32 heavy (non-hydrogen) atoms. The Hall–Kier alpha value is -1.73. The lowest BCUT2D eigenvalue weighted by molar-refractivity contribution is -0.139. The van der Waals surface area contributed by atoms with Crippen molar-refractivity contribution in [3.8, 4) is 0 Å². The van der Waals surface area contributed by atoms with E-state index >= 15 is 8.78 Å². The maximum atomic E-state index is 15.3. The third-order valence-electron chi connectivity index (χ3n) is 7.20. The minimum atomic E-state index is -1.56. The number of hydrogen-bond donors (Lipinski definition) is 3. The molecule has 2 fully saturated rings. The number of aliphatic carboxylic acids is 1. The van der Waals surface area contributed by atoms with E-state index in [1.54, 1.807) is 6.07 Å². The Morgan fingerprint density at radius 1 is 1.25 bits per heavy atom. The molecule has 1 saturated heterocycles. The van der Waals surface area contributed by atoms with Crippen LogP contribution >= 0.6 is 23.2 Å². The fourth-order valence-corrected chi connectivity index (χ4v) is 5.68. The van der Waals surface area contributed by atoms with Crippen LogP contribution in [0.1, 0.15) is 50.2 Å². The summed E-state index contributed by atoms with van der Waals surface area (Å²) in [7, 11) is 0. The lowest BCUT2D eigenvalue weighted by atomic mass is 9.67. The number of nitrogens with two attached hydrogens (primary N) is 1. The van der Waals surface area contributed by atoms with Crippen molar-refractivity contribution in [2.75, 3.05) is 0 Å². The number of nitrogens with one attached hydrogen (secondary N) is 1. The minimum Gasteiger partial charge on any atom is -0.480 e. The van der Waals surface area contributed by atoms with Crippen LogP contribution in [0.4, 0.5) is 8.78 Å². The van der Waals surface area contributed by atoms with Crippen LogP contribution in [0.2, 0.25) is 10.0 Å². The van der Waals surface area contributed by atoms with Gasteiger partial charge < -0.3 is 10.8 Å². The maximum absolute atomic E-state index is 15.3. The number of rotatable bonds is 6. The van der Waals surface area contributed by atoms with Crippen LogP contribution in [-0.4, -0.2) is 23.2 Å². The van der Waals surface area contributed by atoms with Crippen molar-refractivity contribution in [2.45, 2.75) is 56.7 Å². The molecule has 0 aromatic heterocycles. The zero-order chi connectivity index (χ0) is 23.4. The smallest absolute Gasteiger partial charge is 0.321 e. The lowest BCUT2D eigenvalue weighted by Gasteiger charge is -2.40. The van der Waals surface area contributed by atoms with Gasteiger partial charge in [-0.05, 0) is 54.4 Å². The molecule has 4 nitrogen and oxygen atoms in total. The topological polar surface area (TPSA) is 75.3 Å². The number of carbonyl (C=O) groups is 1. The molecule has 2 aliphatic rings. The first-order valence-corrected chi connectivity index (χ1v) is 11.4. The lowest BCUT2D eigenvalue weighted by Crippen LogP contribution is -2.52. The molecule has 172 valence electrons. The van der Waals surface area contributed by atoms with E-state index in [2.05, 4.69) is 19.2 Å². The first kappa shape index (κ1) is 23.4. The average molecular weight is 483 g/mol. The van der Waals surface area contributed by atoms with E-state index in [4.69, 9.17) is 28.9 Å². The van der Waals surface area contributed by atoms with Crippen molar-refractivity contribution < 1.29 is 18.7 Å². The minimum absolute atomic E-state index is 0.0426. The van der Waals surface area contributed by atoms with Crippen molar-refractivity contribution in [1.29, 1.82) is 0 Å². The third-order valence-corrected chi connectivity index (χ3v) is 7.73. The van der Waals surface area contributed by atoms with Gasteiger partial charge in [-0.3, -0.25) is 10.1 Å². The number of carboxylic acids is 1. The molecule has 1 heterocycles. The summed E-state index contributed by atoms with van der Waals surface area (Å²) in [5.74, 6) is -3.22. The first-order valence-electron chi connectivity index (χ1n) is 10.6. The largest absolute Gasteiger partial charge is 0.480 e. The highest BCUT2D eigenvalue weighted by molar-refractivity contribution is 6.31. The van der Waals surface area contributed by atoms with E-state index in [-0.39, 0.29) is 26.6 Å². The average Bonchev–Trinajstić information content (AvgIpc) is 3.51. The van der Waals surface area contributed by atoms with Crippen LogP contribution < -0.4 is 11.1 Å². The molecule has 2 aromatic carbocycles. The molecule has 1 aliphatic carbocycles. The number of carboxylic acid groups (broad SMARTS) is 1. The number of benzene rings is 2. The van der Waals surface area contributed by atoms with Crippen LogP contribution in [0.3, 0.4) is 0 Å². The van der Waals surface area contributed by atoms with Gasteiger partial charge in [-0.15, -0.1) is 0 Å². The molecular formula is C24H26Cl2F2N2O2. The SMILES string of the molecule is CC(C)(C[C@@H]1N[C@@H](C(=O)O)[C@H](c2cccc(Cl)c2F)[C@@]1(N)c1ccc(Cl)cc1F)C1CC1. The van der Waals surface area contributed by atoms with Crippen LogP contribution in [0.5, 0.6) is 0 Å². The molecule has 0 spiro atoms. The van der Waals surface area contributed by atoms with Crippen molar-refractivity contribution in [1.82, 2.24) is 5.32 Å². The molecule has 4 rings (SSSR count). The third kappa shape index (κ3) is 3.92. The molecular weight excluding hydrogens is 457 g/mol. The fourth-order valence-electron chi connectivity index (χ4n) is 5.34. The molecule has 1 aliphatic heterocycles. The van der Waals surface area contributed by atoms with E-state index in [1.165, 1.54) is 24.3 Å². The zero-order valence-corrected chi connectivity index (χ0v) is 19.4. The van der Waals surface area contributed by atoms with Crippen molar-refractivity contribution in [3.63, 3.8) is 0 Å². The van der Waals surface area contributed by atoms with Crippen LogP contribution in [0.25, 0.3) is 0 Å². The molecule has 0 amide bonds. The summed E-state index contributed by atoms with van der Waals surface area (Å²) in [6, 6.07) is 6.66. The molecule has 4 N–H and O–H groups in total. The molecule has 1 saturated carbocycles. The van der Waals surface area contributed by atoms with Gasteiger partial charge in [0.2, 0.25) is 0 Å². The predicted octanol–water partition coefficient (Wildman–Crippen LogP) is 5.46. The summed E-state index contributed by atoms with van der Waals surface area (Å²) >= 11 is 12.0. The second kappa shape index (κ2) is 8.24. The normalized spacial score (nSPS) is 28.2. The van der Waals surface area contributed by atoms with Gasteiger partial charge >= 0.3 is 5.97 Å². The van der Waals surface area contributed by atoms with E-state index in [9.17, 15) is 9.90 Å². The van der Waals surface area contributed by atoms with Crippen molar-refractivity contribution in [2.24, 2.45) is 17.1 Å². The van der Waals surface area contributed by atoms with Crippen molar-refractivity contribution >= 4 is 29.2 Å². The number of halogens is 4. The Morgan fingerprint density at radius 3 is 2.53 bits per heavy atom. The Balaban J connectivity index is 1.93. The predicted molar refractivity (Wildman–Crippen MR) is 121 cm³/mol. The van der Waals surface area contributed by atoms with Crippen LogP contribution in [0.15, 0.2) is 36.4 Å². The van der Waals surface area contributed by atoms with Crippen LogP contribution in [-0.2, 0) is 10.3 Å². The van der Waals surface area contributed by atoms with Gasteiger partial charge in [0.1, 0.15) is 17.7 Å². The van der Waals surface area contributed by atoms with Gasteiger partial charge in [0.05, 0.1) is 10.6 Å². The summed E-state index contributed by atoms with van der Waals surface area (Å²) in [4.78, 5) is 12.3. The molecule has 0 bridgehead atoms. The molecule has 0 unspecified atom stereocenters. The fraction of sp³-hybridized carbons (Fsp3) is 0.458. The Morgan fingerprint density at radius 2 is 1.94 bits per heavy atom. The Labute approximate surface area is 196 Å². The quantitative estimate of drug-likeness (QED) is 0.510. The Bertz CT molecular complexity index is 1060. The summed E-state index contributed by atoms with van der Waals surface area (Å²) in [6.45, 7) is 4.21. The highest BCUT2D eigenvalue weighted by Crippen LogP contribution is 2.54. The highest BCUT2D eigenvalue weighted by Gasteiger charge is 2.59. The van der Waals surface area contributed by atoms with Gasteiger partial charge in [-0.25, -0.2) is 8.78 Å². The highest BCUT2D eigenvalue weighted by atomic mass is 35.5. The second-order valence-corrected chi connectivity index (χ2v) is 10.5. The van der Waals surface area contributed by atoms with Gasteiger partial charge in [-0.1, -0.05) is 55.2 Å². The zero-order valence-electron chi connectivity index (χ0n) is 17.8. The summed E-state index contributed by atoms with van der Waals surface area (Å²) in [5, 5.41) is 13.2. The van der Waals surface area contributed by atoms with E-state index in [0.29, 0.717) is 12.3 Å². The van der Waals surface area contributed by atoms with Gasteiger partial charge in [-0.2, -0.15) is 0 Å². The molecule has 0 radical (unpaired) electrons. The first-order chi connectivity index (χ1) is 15.0. The number of hydrogen-bond acceptors (Lipinski definition) is 3. The van der Waals surface area contributed by atoms with Gasteiger partial charge in [0.25, 0.3) is 0 Å². The summed E-state index contributed by atoms with van der Waals surface area (Å²) < 4.78 is 30.5. The van der Waals surface area contributed by atoms with E-state index < -0.39 is 41.1 Å². The molecule has 2 aromatic rings. The van der Waals surface area contributed by atoms with Crippen molar-refractivity contribution in [3.05, 3.63) is 69.2 Å². The molecule has 8 heteroatoms. The van der Waals surface area contributed by atoms with Gasteiger partial charge in [0, 0.05) is 22.5 Å². The van der Waals surface area contributed by atoms with Gasteiger partial charge in [0.15, 0.2) is 0 Å². The summed E-state index contributed by atoms with van der Waals surface area (Å²) in [6.07, 6.45) is 2.67. The van der Waals surface area contributed by atoms with Crippen LogP contribution in [0, 0.1) is 23.0 Å². The second-order valence-electron chi connectivity index (χ2n) is 9.68.